The summed E-state index contributed by atoms with van der Waals surface area (Å²) in [5.74, 6) is -0.391. The van der Waals surface area contributed by atoms with Crippen LogP contribution in [0.1, 0.15) is 33.1 Å². The van der Waals surface area contributed by atoms with E-state index in [1.807, 2.05) is 13.8 Å². The van der Waals surface area contributed by atoms with E-state index < -0.39 is 22.3 Å². The number of methoxy groups -OCH3 is 1. The fourth-order valence-electron chi connectivity index (χ4n) is 2.30. The number of carbonyl (C=O) groups excluding carboxylic acids is 1. The number of carbonyl (C=O) groups is 1. The van der Waals surface area contributed by atoms with Crippen LogP contribution in [0.2, 0.25) is 0 Å². The normalized spacial score (nSPS) is 20.7. The number of ether oxygens (including phenoxy) is 2. The monoisotopic (exact) mass is 322 g/mol. The highest BCUT2D eigenvalue weighted by Crippen LogP contribution is 2.17. The predicted octanol–water partition coefficient (Wildman–Crippen LogP) is 0.617. The van der Waals surface area contributed by atoms with Gasteiger partial charge in [-0.05, 0) is 12.8 Å². The fourth-order valence-corrected chi connectivity index (χ4v) is 4.11. The minimum atomic E-state index is -3.49. The first-order valence-corrected chi connectivity index (χ1v) is 8.79. The van der Waals surface area contributed by atoms with E-state index in [2.05, 4.69) is 4.74 Å². The highest BCUT2D eigenvalue weighted by Gasteiger charge is 2.34. The molecule has 0 N–H and O–H groups in total. The van der Waals surface area contributed by atoms with Gasteiger partial charge in [0.05, 0.1) is 26.2 Å². The van der Waals surface area contributed by atoms with E-state index in [1.54, 1.807) is 0 Å². The maximum absolute atomic E-state index is 12.6. The quantitative estimate of drug-likeness (QED) is 0.612. The Kier molecular flexibility index (Phi) is 7.58. The smallest absolute Gasteiger partial charge is 0.308 e. The van der Waals surface area contributed by atoms with Gasteiger partial charge >= 0.3 is 5.97 Å². The molecule has 1 atom stereocenters. The minimum Gasteiger partial charge on any atom is -0.469 e. The molecule has 0 aliphatic carbocycles. The molecule has 1 unspecified atom stereocenters. The lowest BCUT2D eigenvalue weighted by Crippen LogP contribution is -2.52. The van der Waals surface area contributed by atoms with Crippen molar-refractivity contribution in [2.24, 2.45) is 0 Å². The molecule has 1 aliphatic rings. The third-order valence-corrected chi connectivity index (χ3v) is 5.32. The number of hydrogen-bond acceptors (Lipinski definition) is 5. The molecule has 0 radical (unpaired) electrons. The standard InChI is InChI=1S/C13H26N2O5S/c1-4-6-14(7-5-2)21(17,18)15-8-9-20-12(11-15)10-13(16)19-3/h12H,4-11H2,1-3H3. The van der Waals surface area contributed by atoms with E-state index in [4.69, 9.17) is 4.74 Å². The van der Waals surface area contributed by atoms with Crippen LogP contribution >= 0.6 is 0 Å². The summed E-state index contributed by atoms with van der Waals surface area (Å²) in [5.41, 5.74) is 0. The van der Waals surface area contributed by atoms with Crippen LogP contribution in [-0.2, 0) is 24.5 Å². The average molecular weight is 322 g/mol. The molecule has 8 heteroatoms. The largest absolute Gasteiger partial charge is 0.469 e. The second-order valence-corrected chi connectivity index (χ2v) is 6.97. The first-order valence-electron chi connectivity index (χ1n) is 7.39. The van der Waals surface area contributed by atoms with Gasteiger partial charge in [0, 0.05) is 26.2 Å². The summed E-state index contributed by atoms with van der Waals surface area (Å²) in [4.78, 5) is 11.3. The Morgan fingerprint density at radius 1 is 1.33 bits per heavy atom. The second kappa shape index (κ2) is 8.67. The molecular weight excluding hydrogens is 296 g/mol. The molecular formula is C13H26N2O5S. The van der Waals surface area contributed by atoms with Crippen molar-refractivity contribution in [1.29, 1.82) is 0 Å². The average Bonchev–Trinajstić information content (AvgIpc) is 2.47. The third-order valence-electron chi connectivity index (χ3n) is 3.32. The summed E-state index contributed by atoms with van der Waals surface area (Å²) >= 11 is 0. The summed E-state index contributed by atoms with van der Waals surface area (Å²) in [6.45, 7) is 5.75. The summed E-state index contributed by atoms with van der Waals surface area (Å²) in [7, 11) is -2.18. The topological polar surface area (TPSA) is 76.2 Å². The Bertz CT molecular complexity index is 420. The molecule has 1 saturated heterocycles. The number of rotatable bonds is 8. The molecule has 1 fully saturated rings. The zero-order valence-corrected chi connectivity index (χ0v) is 13.9. The highest BCUT2D eigenvalue weighted by molar-refractivity contribution is 7.86. The molecule has 124 valence electrons. The molecule has 0 aromatic carbocycles. The van der Waals surface area contributed by atoms with E-state index in [9.17, 15) is 13.2 Å². The van der Waals surface area contributed by atoms with Gasteiger partial charge < -0.3 is 9.47 Å². The van der Waals surface area contributed by atoms with Crippen LogP contribution < -0.4 is 0 Å². The summed E-state index contributed by atoms with van der Waals surface area (Å²) < 4.78 is 38.3. The van der Waals surface area contributed by atoms with Crippen molar-refractivity contribution in [3.63, 3.8) is 0 Å². The van der Waals surface area contributed by atoms with Gasteiger partial charge in [0.2, 0.25) is 0 Å². The summed E-state index contributed by atoms with van der Waals surface area (Å²) in [5, 5.41) is 0. The van der Waals surface area contributed by atoms with Crippen molar-refractivity contribution in [2.75, 3.05) is 39.9 Å². The van der Waals surface area contributed by atoms with Gasteiger partial charge in [-0.15, -0.1) is 0 Å². The molecule has 0 saturated carbocycles. The van der Waals surface area contributed by atoms with E-state index in [1.165, 1.54) is 15.7 Å². The lowest BCUT2D eigenvalue weighted by Gasteiger charge is -2.35. The molecule has 0 aromatic rings. The van der Waals surface area contributed by atoms with Crippen molar-refractivity contribution in [2.45, 2.75) is 39.2 Å². The SMILES string of the molecule is CCCN(CCC)S(=O)(=O)N1CCOC(CC(=O)OC)C1. The molecule has 0 amide bonds. The van der Waals surface area contributed by atoms with Gasteiger partial charge in [-0.1, -0.05) is 13.8 Å². The first kappa shape index (κ1) is 18.3. The van der Waals surface area contributed by atoms with Gasteiger partial charge in [0.25, 0.3) is 10.2 Å². The van der Waals surface area contributed by atoms with Crippen LogP contribution in [0.15, 0.2) is 0 Å². The van der Waals surface area contributed by atoms with Crippen molar-refractivity contribution < 1.29 is 22.7 Å². The van der Waals surface area contributed by atoms with E-state index >= 15 is 0 Å². The summed E-state index contributed by atoms with van der Waals surface area (Å²) in [6, 6.07) is 0. The number of morpholine rings is 1. The van der Waals surface area contributed by atoms with Crippen molar-refractivity contribution >= 4 is 16.2 Å². The summed E-state index contributed by atoms with van der Waals surface area (Å²) in [6.07, 6.45) is 1.18. The van der Waals surface area contributed by atoms with Gasteiger partial charge in [-0.3, -0.25) is 4.79 Å². The molecule has 1 aliphatic heterocycles. The number of hydrogen-bond donors (Lipinski definition) is 0. The lowest BCUT2D eigenvalue weighted by atomic mass is 10.2. The fraction of sp³-hybridized carbons (Fsp3) is 0.923. The van der Waals surface area contributed by atoms with Crippen LogP contribution in [0.3, 0.4) is 0 Å². The molecule has 21 heavy (non-hydrogen) atoms. The first-order chi connectivity index (χ1) is 9.95. The van der Waals surface area contributed by atoms with Crippen molar-refractivity contribution in [1.82, 2.24) is 8.61 Å². The molecule has 1 rings (SSSR count). The van der Waals surface area contributed by atoms with Gasteiger partial charge in [-0.2, -0.15) is 17.0 Å². The van der Waals surface area contributed by atoms with Gasteiger partial charge in [-0.25, -0.2) is 0 Å². The number of nitrogens with zero attached hydrogens (tertiary/aromatic N) is 2. The van der Waals surface area contributed by atoms with Crippen LogP contribution in [0.25, 0.3) is 0 Å². The Morgan fingerprint density at radius 2 is 1.95 bits per heavy atom. The molecule has 1 heterocycles. The predicted molar refractivity (Wildman–Crippen MR) is 79.0 cm³/mol. The number of esters is 1. The van der Waals surface area contributed by atoms with E-state index in [0.29, 0.717) is 26.2 Å². The zero-order valence-electron chi connectivity index (χ0n) is 13.1. The molecule has 0 aromatic heterocycles. The van der Waals surface area contributed by atoms with Crippen molar-refractivity contribution in [3.8, 4) is 0 Å². The molecule has 7 nitrogen and oxygen atoms in total. The van der Waals surface area contributed by atoms with Crippen LogP contribution in [0, 0.1) is 0 Å². The van der Waals surface area contributed by atoms with E-state index in [-0.39, 0.29) is 13.0 Å². The van der Waals surface area contributed by atoms with Crippen LogP contribution in [-0.4, -0.2) is 69.0 Å². The highest BCUT2D eigenvalue weighted by atomic mass is 32.2. The lowest BCUT2D eigenvalue weighted by molar-refractivity contribution is -0.145. The van der Waals surface area contributed by atoms with Crippen LogP contribution in [0.4, 0.5) is 0 Å². The van der Waals surface area contributed by atoms with E-state index in [0.717, 1.165) is 12.8 Å². The Morgan fingerprint density at radius 3 is 2.48 bits per heavy atom. The minimum absolute atomic E-state index is 0.0735. The van der Waals surface area contributed by atoms with Gasteiger partial charge in [0.1, 0.15) is 0 Å². The Balaban J connectivity index is 2.74. The molecule has 0 bridgehead atoms. The Hall–Kier alpha value is -0.700. The zero-order chi connectivity index (χ0) is 15.9. The maximum Gasteiger partial charge on any atom is 0.308 e. The Labute approximate surface area is 127 Å². The van der Waals surface area contributed by atoms with Gasteiger partial charge in [0.15, 0.2) is 0 Å². The third kappa shape index (κ3) is 5.21. The maximum atomic E-state index is 12.6. The van der Waals surface area contributed by atoms with Crippen LogP contribution in [0.5, 0.6) is 0 Å². The van der Waals surface area contributed by atoms with Crippen molar-refractivity contribution in [3.05, 3.63) is 0 Å². The molecule has 0 spiro atoms. The second-order valence-electron chi connectivity index (χ2n) is 5.04.